The molecule has 6 heteroatoms. The van der Waals surface area contributed by atoms with Crippen molar-refractivity contribution in [1.82, 2.24) is 4.90 Å². The predicted molar refractivity (Wildman–Crippen MR) is 80.3 cm³/mol. The van der Waals surface area contributed by atoms with Crippen LogP contribution >= 0.6 is 34.2 Å². The first-order valence-electron chi connectivity index (χ1n) is 5.88. The van der Waals surface area contributed by atoms with E-state index in [2.05, 4.69) is 22.6 Å². The zero-order chi connectivity index (χ0) is 14.0. The number of carboxylic acids is 1. The molecule has 0 aromatic heterocycles. The lowest BCUT2D eigenvalue weighted by atomic mass is 10.1. The Bertz CT molecular complexity index is 491. The number of alkyl halides is 1. The van der Waals surface area contributed by atoms with Crippen LogP contribution < -0.4 is 0 Å². The Balaban J connectivity index is 2.15. The molecule has 0 radical (unpaired) electrons. The highest BCUT2D eigenvalue weighted by atomic mass is 127. The molecule has 4 nitrogen and oxygen atoms in total. The summed E-state index contributed by atoms with van der Waals surface area (Å²) in [5, 5.41) is 9.03. The highest BCUT2D eigenvalue weighted by Gasteiger charge is 2.36. The second-order valence-corrected chi connectivity index (χ2v) is 6.39. The van der Waals surface area contributed by atoms with Gasteiger partial charge in [-0.15, -0.1) is 11.6 Å². The average Bonchev–Trinajstić information content (AvgIpc) is 2.67. The second kappa shape index (κ2) is 6.09. The Kier molecular flexibility index (Phi) is 4.67. The average molecular weight is 394 g/mol. The van der Waals surface area contributed by atoms with Gasteiger partial charge in [0.2, 0.25) is 5.91 Å². The SMILES string of the molecule is O=C(O)C(Cc1ccc(I)cc1)N1CC(Cl)CC1=O. The van der Waals surface area contributed by atoms with Crippen LogP contribution in [-0.4, -0.2) is 39.8 Å². The van der Waals surface area contributed by atoms with Crippen LogP contribution in [-0.2, 0) is 16.0 Å². The van der Waals surface area contributed by atoms with Gasteiger partial charge in [-0.3, -0.25) is 4.79 Å². The van der Waals surface area contributed by atoms with Gasteiger partial charge < -0.3 is 10.0 Å². The number of benzene rings is 1. The summed E-state index contributed by atoms with van der Waals surface area (Å²) < 4.78 is 1.09. The van der Waals surface area contributed by atoms with E-state index >= 15 is 0 Å². The summed E-state index contributed by atoms with van der Waals surface area (Å²) in [7, 11) is 0. The molecule has 0 bridgehead atoms. The van der Waals surface area contributed by atoms with Crippen molar-refractivity contribution in [2.24, 2.45) is 0 Å². The number of nitrogens with zero attached hydrogens (tertiary/aromatic N) is 1. The lowest BCUT2D eigenvalue weighted by Gasteiger charge is -2.24. The van der Waals surface area contributed by atoms with Crippen molar-refractivity contribution < 1.29 is 14.7 Å². The van der Waals surface area contributed by atoms with Crippen molar-refractivity contribution in [1.29, 1.82) is 0 Å². The Morgan fingerprint density at radius 2 is 2.11 bits per heavy atom. The number of carboxylic acid groups (broad SMARTS) is 1. The lowest BCUT2D eigenvalue weighted by molar-refractivity contribution is -0.148. The van der Waals surface area contributed by atoms with Crippen molar-refractivity contribution in [2.45, 2.75) is 24.3 Å². The van der Waals surface area contributed by atoms with E-state index in [1.54, 1.807) is 0 Å². The first-order chi connectivity index (χ1) is 8.97. The molecule has 0 saturated carbocycles. The third-order valence-electron chi connectivity index (χ3n) is 3.11. The van der Waals surface area contributed by atoms with Crippen LogP contribution in [0.15, 0.2) is 24.3 Å². The summed E-state index contributed by atoms with van der Waals surface area (Å²) in [6, 6.07) is 6.78. The van der Waals surface area contributed by atoms with Gasteiger partial charge in [0.05, 0.1) is 5.38 Å². The summed E-state index contributed by atoms with van der Waals surface area (Å²) in [5.74, 6) is -1.17. The Morgan fingerprint density at radius 1 is 1.47 bits per heavy atom. The molecule has 0 aliphatic carbocycles. The summed E-state index contributed by atoms with van der Waals surface area (Å²) in [6.07, 6.45) is 0.527. The molecule has 1 amide bonds. The Labute approximate surface area is 129 Å². The highest BCUT2D eigenvalue weighted by molar-refractivity contribution is 14.1. The molecule has 1 fully saturated rings. The molecular formula is C13H13ClINO3. The summed E-state index contributed by atoms with van der Waals surface area (Å²) in [6.45, 7) is 0.307. The largest absolute Gasteiger partial charge is 0.480 e. The number of hydrogen-bond donors (Lipinski definition) is 1. The van der Waals surface area contributed by atoms with Gasteiger partial charge in [-0.25, -0.2) is 4.79 Å². The number of rotatable bonds is 4. The normalized spacial score (nSPS) is 20.6. The number of carbonyl (C=O) groups excluding carboxylic acids is 1. The number of amides is 1. The van der Waals surface area contributed by atoms with Crippen LogP contribution in [0, 0.1) is 3.57 Å². The maximum atomic E-state index is 11.8. The third kappa shape index (κ3) is 3.60. The predicted octanol–water partition coefficient (Wildman–Crippen LogP) is 2.13. The molecule has 102 valence electrons. The quantitative estimate of drug-likeness (QED) is 0.630. The number of halogens is 2. The van der Waals surface area contributed by atoms with Gasteiger partial charge >= 0.3 is 5.97 Å². The van der Waals surface area contributed by atoms with E-state index in [-0.39, 0.29) is 17.7 Å². The van der Waals surface area contributed by atoms with Crippen molar-refractivity contribution in [3.63, 3.8) is 0 Å². The molecule has 1 aliphatic rings. The monoisotopic (exact) mass is 393 g/mol. The second-order valence-electron chi connectivity index (χ2n) is 4.53. The van der Waals surface area contributed by atoms with Gasteiger partial charge in [0.25, 0.3) is 0 Å². The van der Waals surface area contributed by atoms with Crippen LogP contribution in [0.4, 0.5) is 0 Å². The molecule has 1 aromatic rings. The van der Waals surface area contributed by atoms with Crippen molar-refractivity contribution in [3.8, 4) is 0 Å². The molecule has 1 aliphatic heterocycles. The van der Waals surface area contributed by atoms with Crippen LogP contribution in [0.1, 0.15) is 12.0 Å². The van der Waals surface area contributed by atoms with E-state index in [1.165, 1.54) is 4.90 Å². The fourth-order valence-corrected chi connectivity index (χ4v) is 2.80. The van der Waals surface area contributed by atoms with Gasteiger partial charge in [0.1, 0.15) is 6.04 Å². The van der Waals surface area contributed by atoms with Crippen LogP contribution in [0.2, 0.25) is 0 Å². The van der Waals surface area contributed by atoms with E-state index in [1.807, 2.05) is 24.3 Å². The van der Waals surface area contributed by atoms with Crippen molar-refractivity contribution >= 4 is 46.1 Å². The first kappa shape index (κ1) is 14.6. The zero-order valence-electron chi connectivity index (χ0n) is 10.1. The van der Waals surface area contributed by atoms with Crippen LogP contribution in [0.25, 0.3) is 0 Å². The topological polar surface area (TPSA) is 57.6 Å². The Hall–Kier alpha value is -0.820. The number of hydrogen-bond acceptors (Lipinski definition) is 2. The van der Waals surface area contributed by atoms with E-state index in [9.17, 15) is 14.7 Å². The van der Waals surface area contributed by atoms with E-state index in [0.717, 1.165) is 9.13 Å². The maximum absolute atomic E-state index is 11.8. The fraction of sp³-hybridized carbons (Fsp3) is 0.385. The summed E-state index contributed by atoms with van der Waals surface area (Å²) >= 11 is 8.11. The summed E-state index contributed by atoms with van der Waals surface area (Å²) in [4.78, 5) is 24.5. The standard InChI is InChI=1S/C13H13ClINO3/c14-9-6-12(17)16(7-9)11(13(18)19)5-8-1-3-10(15)4-2-8/h1-4,9,11H,5-7H2,(H,18,19). The minimum absolute atomic E-state index is 0.182. The molecule has 2 atom stereocenters. The van der Waals surface area contributed by atoms with Gasteiger partial charge in [-0.2, -0.15) is 0 Å². The molecule has 2 unspecified atom stereocenters. The van der Waals surface area contributed by atoms with E-state index in [4.69, 9.17) is 11.6 Å². The highest BCUT2D eigenvalue weighted by Crippen LogP contribution is 2.21. The molecule has 1 heterocycles. The van der Waals surface area contributed by atoms with Crippen molar-refractivity contribution in [2.75, 3.05) is 6.54 Å². The molecule has 2 rings (SSSR count). The number of aliphatic carboxylic acids is 1. The fourth-order valence-electron chi connectivity index (χ4n) is 2.16. The van der Waals surface area contributed by atoms with Crippen LogP contribution in [0.3, 0.4) is 0 Å². The zero-order valence-corrected chi connectivity index (χ0v) is 13.0. The van der Waals surface area contributed by atoms with Gasteiger partial charge in [0.15, 0.2) is 0 Å². The van der Waals surface area contributed by atoms with E-state index < -0.39 is 12.0 Å². The smallest absolute Gasteiger partial charge is 0.326 e. The minimum atomic E-state index is -0.988. The maximum Gasteiger partial charge on any atom is 0.326 e. The molecule has 19 heavy (non-hydrogen) atoms. The van der Waals surface area contributed by atoms with Gasteiger partial charge in [0, 0.05) is 23.0 Å². The molecule has 1 saturated heterocycles. The summed E-state index contributed by atoms with van der Waals surface area (Å²) in [5.41, 5.74) is 0.902. The molecule has 1 N–H and O–H groups in total. The number of carbonyl (C=O) groups is 2. The third-order valence-corrected chi connectivity index (χ3v) is 4.13. The van der Waals surface area contributed by atoms with Crippen molar-refractivity contribution in [3.05, 3.63) is 33.4 Å². The number of likely N-dealkylation sites (tertiary alicyclic amines) is 1. The van der Waals surface area contributed by atoms with Crippen LogP contribution in [0.5, 0.6) is 0 Å². The molecule has 0 spiro atoms. The molecular weight excluding hydrogens is 381 g/mol. The van der Waals surface area contributed by atoms with E-state index in [0.29, 0.717) is 13.0 Å². The molecule has 1 aromatic carbocycles. The van der Waals surface area contributed by atoms with Gasteiger partial charge in [-0.05, 0) is 40.3 Å². The lowest BCUT2D eigenvalue weighted by Crippen LogP contribution is -2.43. The first-order valence-corrected chi connectivity index (χ1v) is 7.39. The van der Waals surface area contributed by atoms with Gasteiger partial charge in [-0.1, -0.05) is 12.1 Å². The Morgan fingerprint density at radius 3 is 2.58 bits per heavy atom. The minimum Gasteiger partial charge on any atom is -0.480 e.